The number of fused-ring (bicyclic) bond motifs is 1. The summed E-state index contributed by atoms with van der Waals surface area (Å²) in [5, 5.41) is 0. The summed E-state index contributed by atoms with van der Waals surface area (Å²) in [6, 6.07) is 13.8. The molecule has 28 heavy (non-hydrogen) atoms. The lowest BCUT2D eigenvalue weighted by molar-refractivity contribution is -0.274. The first-order valence-corrected chi connectivity index (χ1v) is 9.18. The highest BCUT2D eigenvalue weighted by Gasteiger charge is 2.33. The van der Waals surface area contributed by atoms with E-state index >= 15 is 0 Å². The third kappa shape index (κ3) is 4.44. The van der Waals surface area contributed by atoms with Crippen molar-refractivity contribution in [2.75, 3.05) is 44.2 Å². The average Bonchev–Trinajstić information content (AvgIpc) is 2.68. The monoisotopic (exact) mass is 394 g/mol. The Morgan fingerprint density at radius 2 is 1.61 bits per heavy atom. The molecule has 0 N–H and O–H groups in total. The van der Waals surface area contributed by atoms with Crippen molar-refractivity contribution < 1.29 is 27.4 Å². The van der Waals surface area contributed by atoms with Crippen LogP contribution in [0.4, 0.5) is 18.9 Å². The maximum Gasteiger partial charge on any atom is 0.573 e. The highest BCUT2D eigenvalue weighted by Crippen LogP contribution is 2.34. The van der Waals surface area contributed by atoms with Gasteiger partial charge in [0, 0.05) is 32.7 Å². The van der Waals surface area contributed by atoms with Gasteiger partial charge in [0.1, 0.15) is 12.7 Å². The molecule has 0 aliphatic carbocycles. The molecule has 1 atom stereocenters. The van der Waals surface area contributed by atoms with Crippen LogP contribution >= 0.6 is 0 Å². The van der Waals surface area contributed by atoms with E-state index in [9.17, 15) is 13.2 Å². The van der Waals surface area contributed by atoms with Gasteiger partial charge in [-0.05, 0) is 24.3 Å². The van der Waals surface area contributed by atoms with Crippen molar-refractivity contribution >= 4 is 5.69 Å². The minimum Gasteiger partial charge on any atom is -0.486 e. The Labute approximate surface area is 161 Å². The number of ether oxygens (including phenoxy) is 3. The second-order valence-electron chi connectivity index (χ2n) is 6.80. The summed E-state index contributed by atoms with van der Waals surface area (Å²) in [6.07, 6.45) is -4.77. The molecule has 0 unspecified atom stereocenters. The van der Waals surface area contributed by atoms with Crippen LogP contribution in [0.25, 0.3) is 0 Å². The van der Waals surface area contributed by atoms with Crippen LogP contribution in [0, 0.1) is 0 Å². The first kappa shape index (κ1) is 18.7. The quantitative estimate of drug-likeness (QED) is 0.793. The van der Waals surface area contributed by atoms with Gasteiger partial charge in [0.25, 0.3) is 0 Å². The van der Waals surface area contributed by atoms with Gasteiger partial charge in [-0.2, -0.15) is 0 Å². The zero-order valence-corrected chi connectivity index (χ0v) is 15.2. The maximum absolute atomic E-state index is 12.6. The molecule has 0 saturated carbocycles. The molecule has 0 bridgehead atoms. The van der Waals surface area contributed by atoms with Crippen LogP contribution in [0.3, 0.4) is 0 Å². The molecular weight excluding hydrogens is 373 g/mol. The summed E-state index contributed by atoms with van der Waals surface area (Å²) in [5.74, 6) is 1.34. The highest BCUT2D eigenvalue weighted by molar-refractivity contribution is 5.58. The van der Waals surface area contributed by atoms with Crippen molar-refractivity contribution in [2.24, 2.45) is 0 Å². The zero-order valence-electron chi connectivity index (χ0n) is 15.2. The molecule has 2 aliphatic rings. The Kier molecular flexibility index (Phi) is 5.21. The van der Waals surface area contributed by atoms with Crippen molar-refractivity contribution in [3.8, 4) is 17.2 Å². The largest absolute Gasteiger partial charge is 0.573 e. The number of benzene rings is 2. The highest BCUT2D eigenvalue weighted by atomic mass is 19.4. The molecule has 2 aliphatic heterocycles. The van der Waals surface area contributed by atoms with Crippen LogP contribution in [-0.4, -0.2) is 56.7 Å². The third-order valence-electron chi connectivity index (χ3n) is 4.83. The van der Waals surface area contributed by atoms with Crippen LogP contribution in [0.15, 0.2) is 48.5 Å². The van der Waals surface area contributed by atoms with E-state index in [0.717, 1.165) is 24.6 Å². The number of alkyl halides is 3. The van der Waals surface area contributed by atoms with Gasteiger partial charge in [-0.25, -0.2) is 0 Å². The van der Waals surface area contributed by atoms with Gasteiger partial charge in [-0.3, -0.25) is 4.90 Å². The van der Waals surface area contributed by atoms with Gasteiger partial charge in [0.15, 0.2) is 17.2 Å². The molecular formula is C20H21F3N2O3. The molecule has 8 heteroatoms. The number of piperazine rings is 1. The second kappa shape index (κ2) is 7.79. The van der Waals surface area contributed by atoms with E-state index in [4.69, 9.17) is 9.47 Å². The van der Waals surface area contributed by atoms with Gasteiger partial charge < -0.3 is 19.1 Å². The van der Waals surface area contributed by atoms with Crippen LogP contribution in [0.2, 0.25) is 0 Å². The number of hydrogen-bond donors (Lipinski definition) is 0. The van der Waals surface area contributed by atoms with Crippen molar-refractivity contribution in [2.45, 2.75) is 12.5 Å². The Morgan fingerprint density at radius 1 is 0.929 bits per heavy atom. The predicted molar refractivity (Wildman–Crippen MR) is 98.1 cm³/mol. The van der Waals surface area contributed by atoms with Gasteiger partial charge in [0.05, 0.1) is 5.69 Å². The summed E-state index contributed by atoms with van der Waals surface area (Å²) < 4.78 is 53.8. The van der Waals surface area contributed by atoms with Gasteiger partial charge in [-0.1, -0.05) is 24.3 Å². The normalized spacial score (nSPS) is 20.1. The van der Waals surface area contributed by atoms with Crippen LogP contribution in [0.5, 0.6) is 17.2 Å². The van der Waals surface area contributed by atoms with Crippen molar-refractivity contribution in [3.63, 3.8) is 0 Å². The maximum atomic E-state index is 12.6. The Hall–Kier alpha value is -2.61. The first-order chi connectivity index (χ1) is 13.5. The molecule has 2 aromatic carbocycles. The lowest BCUT2D eigenvalue weighted by atomic mass is 10.2. The summed E-state index contributed by atoms with van der Waals surface area (Å²) >= 11 is 0. The van der Waals surface area contributed by atoms with Crippen molar-refractivity contribution in [1.29, 1.82) is 0 Å². The van der Waals surface area contributed by atoms with Crippen molar-refractivity contribution in [1.82, 2.24) is 4.90 Å². The Bertz CT molecular complexity index is 807. The second-order valence-corrected chi connectivity index (χ2v) is 6.80. The van der Waals surface area contributed by atoms with Gasteiger partial charge in [0.2, 0.25) is 0 Å². The van der Waals surface area contributed by atoms with E-state index < -0.39 is 6.36 Å². The van der Waals surface area contributed by atoms with Crippen LogP contribution in [0.1, 0.15) is 0 Å². The molecule has 0 amide bonds. The number of halogens is 3. The van der Waals surface area contributed by atoms with E-state index in [0.29, 0.717) is 31.9 Å². The van der Waals surface area contributed by atoms with Crippen LogP contribution < -0.4 is 19.1 Å². The van der Waals surface area contributed by atoms with E-state index in [-0.39, 0.29) is 11.9 Å². The smallest absolute Gasteiger partial charge is 0.486 e. The van der Waals surface area contributed by atoms with Gasteiger partial charge in [-0.15, -0.1) is 13.2 Å². The number of nitrogens with zero attached hydrogens (tertiary/aromatic N) is 2. The topological polar surface area (TPSA) is 34.2 Å². The van der Waals surface area contributed by atoms with E-state index in [1.165, 1.54) is 6.07 Å². The molecule has 4 rings (SSSR count). The number of hydrogen-bond acceptors (Lipinski definition) is 5. The van der Waals surface area contributed by atoms with Crippen molar-refractivity contribution in [3.05, 3.63) is 48.5 Å². The summed E-state index contributed by atoms with van der Waals surface area (Å²) in [6.45, 7) is 3.87. The molecule has 5 nitrogen and oxygen atoms in total. The lowest BCUT2D eigenvalue weighted by Gasteiger charge is -2.38. The fourth-order valence-electron chi connectivity index (χ4n) is 3.54. The molecule has 1 fully saturated rings. The van der Waals surface area contributed by atoms with Gasteiger partial charge >= 0.3 is 6.36 Å². The number of para-hydroxylation sites is 4. The summed E-state index contributed by atoms with van der Waals surface area (Å²) in [4.78, 5) is 4.16. The Balaban J connectivity index is 1.33. The molecule has 2 aromatic rings. The SMILES string of the molecule is FC(F)(F)Oc1ccccc1N1CCN(C[C@H]2COc3ccccc3O2)CC1. The fraction of sp³-hybridized carbons (Fsp3) is 0.400. The molecule has 0 radical (unpaired) electrons. The molecule has 150 valence electrons. The molecule has 0 spiro atoms. The number of rotatable bonds is 4. The lowest BCUT2D eigenvalue weighted by Crippen LogP contribution is -2.50. The molecule has 1 saturated heterocycles. The zero-order chi connectivity index (χ0) is 19.6. The van der Waals surface area contributed by atoms with E-state index in [2.05, 4.69) is 9.64 Å². The standard InChI is InChI=1S/C20H21F3N2O3/c21-20(22,23)28-17-6-2-1-5-16(17)25-11-9-24(10-12-25)13-15-14-26-18-7-3-4-8-19(18)27-15/h1-8,15H,9-14H2/t15-/m0/s1. The van der Waals surface area contributed by atoms with E-state index in [1.807, 2.05) is 29.2 Å². The summed E-state index contributed by atoms with van der Waals surface area (Å²) in [5.41, 5.74) is 0.464. The van der Waals surface area contributed by atoms with Crippen LogP contribution in [-0.2, 0) is 0 Å². The average molecular weight is 394 g/mol. The predicted octanol–water partition coefficient (Wildman–Crippen LogP) is 3.55. The fourth-order valence-corrected chi connectivity index (χ4v) is 3.54. The van der Waals surface area contributed by atoms with E-state index in [1.54, 1.807) is 18.2 Å². The number of anilines is 1. The third-order valence-corrected chi connectivity index (χ3v) is 4.83. The molecule has 2 heterocycles. The Morgan fingerprint density at radius 3 is 2.36 bits per heavy atom. The summed E-state index contributed by atoms with van der Waals surface area (Å²) in [7, 11) is 0. The minimum absolute atomic E-state index is 0.0673. The minimum atomic E-state index is -4.70. The molecule has 0 aromatic heterocycles. The first-order valence-electron chi connectivity index (χ1n) is 9.18.